The van der Waals surface area contributed by atoms with Crippen LogP contribution < -0.4 is 10.6 Å². The minimum absolute atomic E-state index is 0.112. The van der Waals surface area contributed by atoms with Crippen LogP contribution >= 0.6 is 0 Å². The molecule has 1 aliphatic rings. The average Bonchev–Trinajstić information content (AvgIpc) is 3.08. The molecule has 0 saturated carbocycles. The zero-order valence-electron chi connectivity index (χ0n) is 17.0. The number of hydrogen-bond acceptors (Lipinski definition) is 2. The van der Waals surface area contributed by atoms with E-state index in [1.165, 1.54) is 17.7 Å². The van der Waals surface area contributed by atoms with Crippen molar-refractivity contribution < 1.29 is 8.78 Å². The summed E-state index contributed by atoms with van der Waals surface area (Å²) in [6.07, 6.45) is 5.02. The van der Waals surface area contributed by atoms with Crippen LogP contribution in [0.4, 0.5) is 8.78 Å². The molecule has 3 rings (SSSR count). The lowest BCUT2D eigenvalue weighted by molar-refractivity contribution is 0.498. The summed E-state index contributed by atoms with van der Waals surface area (Å²) in [7, 11) is 1.72. The molecule has 0 radical (unpaired) electrons. The second-order valence-corrected chi connectivity index (χ2v) is 7.78. The summed E-state index contributed by atoms with van der Waals surface area (Å²) in [5.41, 5.74) is 2.97. The van der Waals surface area contributed by atoms with Gasteiger partial charge in [0, 0.05) is 50.3 Å². The van der Waals surface area contributed by atoms with Crippen molar-refractivity contribution in [3.05, 3.63) is 52.9 Å². The van der Waals surface area contributed by atoms with Gasteiger partial charge in [-0.2, -0.15) is 5.10 Å². The molecule has 0 amide bonds. The molecule has 152 valence electrons. The Hall–Kier alpha value is -2.44. The molecular formula is C21H29F2N5. The first-order chi connectivity index (χ1) is 13.4. The Morgan fingerprint density at radius 1 is 1.32 bits per heavy atom. The lowest BCUT2D eigenvalue weighted by Crippen LogP contribution is -2.46. The van der Waals surface area contributed by atoms with Gasteiger partial charge in [0.15, 0.2) is 5.96 Å². The van der Waals surface area contributed by atoms with Gasteiger partial charge in [0.1, 0.15) is 11.6 Å². The highest BCUT2D eigenvalue weighted by Crippen LogP contribution is 2.22. The van der Waals surface area contributed by atoms with Gasteiger partial charge in [-0.05, 0) is 43.9 Å². The third kappa shape index (κ3) is 4.69. The molecule has 0 fully saturated rings. The number of aliphatic imine (C=N–C) groups is 1. The molecule has 2 unspecified atom stereocenters. The minimum atomic E-state index is -0.560. The molecule has 1 heterocycles. The van der Waals surface area contributed by atoms with Crippen LogP contribution in [-0.4, -0.2) is 35.4 Å². The number of nitrogens with one attached hydrogen (secondary N) is 2. The number of aromatic nitrogens is 2. The van der Waals surface area contributed by atoms with E-state index in [9.17, 15) is 8.78 Å². The first kappa shape index (κ1) is 20.3. The van der Waals surface area contributed by atoms with Crippen LogP contribution in [-0.2, 0) is 12.8 Å². The number of hydrogen-bond donors (Lipinski definition) is 2. The number of fused-ring (bicyclic) bond motifs is 1. The van der Waals surface area contributed by atoms with Gasteiger partial charge in [0.05, 0.1) is 5.69 Å². The zero-order valence-corrected chi connectivity index (χ0v) is 17.0. The third-order valence-corrected chi connectivity index (χ3v) is 5.26. The van der Waals surface area contributed by atoms with Crippen molar-refractivity contribution in [3.8, 4) is 0 Å². The lowest BCUT2D eigenvalue weighted by Gasteiger charge is -2.25. The van der Waals surface area contributed by atoms with E-state index in [1.54, 1.807) is 7.05 Å². The molecule has 2 aromatic rings. The monoisotopic (exact) mass is 389 g/mol. The number of benzene rings is 1. The van der Waals surface area contributed by atoms with Crippen molar-refractivity contribution in [2.45, 2.75) is 58.0 Å². The summed E-state index contributed by atoms with van der Waals surface area (Å²) in [4.78, 5) is 4.29. The Morgan fingerprint density at radius 2 is 2.11 bits per heavy atom. The normalized spacial score (nSPS) is 18.1. The van der Waals surface area contributed by atoms with Crippen LogP contribution in [0.5, 0.6) is 0 Å². The van der Waals surface area contributed by atoms with Crippen LogP contribution in [0.25, 0.3) is 0 Å². The van der Waals surface area contributed by atoms with Crippen LogP contribution in [0.2, 0.25) is 0 Å². The van der Waals surface area contributed by atoms with Crippen molar-refractivity contribution in [2.75, 3.05) is 13.6 Å². The predicted molar refractivity (Wildman–Crippen MR) is 108 cm³/mol. The fourth-order valence-corrected chi connectivity index (χ4v) is 3.55. The third-order valence-electron chi connectivity index (χ3n) is 5.26. The zero-order chi connectivity index (χ0) is 20.3. The highest BCUT2D eigenvalue weighted by Gasteiger charge is 2.23. The van der Waals surface area contributed by atoms with Gasteiger partial charge in [0.25, 0.3) is 0 Å². The fraction of sp³-hybridized carbons (Fsp3) is 0.524. The van der Waals surface area contributed by atoms with E-state index in [0.717, 1.165) is 31.0 Å². The fourth-order valence-electron chi connectivity index (χ4n) is 3.55. The van der Waals surface area contributed by atoms with Gasteiger partial charge < -0.3 is 10.6 Å². The van der Waals surface area contributed by atoms with E-state index in [4.69, 9.17) is 5.10 Å². The van der Waals surface area contributed by atoms with Gasteiger partial charge in [-0.1, -0.05) is 13.0 Å². The van der Waals surface area contributed by atoms with Crippen LogP contribution in [0, 0.1) is 11.6 Å². The largest absolute Gasteiger partial charge is 0.356 e. The number of halogens is 2. The molecule has 1 aromatic carbocycles. The number of aryl methyl sites for hydroxylation is 1. The Balaban J connectivity index is 1.56. The quantitative estimate of drug-likeness (QED) is 0.607. The van der Waals surface area contributed by atoms with Crippen LogP contribution in [0.3, 0.4) is 0 Å². The molecule has 0 saturated heterocycles. The molecule has 0 aliphatic heterocycles. The predicted octanol–water partition coefficient (Wildman–Crippen LogP) is 3.57. The van der Waals surface area contributed by atoms with Crippen LogP contribution in [0.15, 0.2) is 29.4 Å². The van der Waals surface area contributed by atoms with Gasteiger partial charge in [-0.15, -0.1) is 0 Å². The number of nitrogens with zero attached hydrogens (tertiary/aromatic N) is 3. The first-order valence-corrected chi connectivity index (χ1v) is 9.86. The van der Waals surface area contributed by atoms with Gasteiger partial charge in [-0.25, -0.2) is 8.78 Å². The van der Waals surface area contributed by atoms with Gasteiger partial charge >= 0.3 is 0 Å². The summed E-state index contributed by atoms with van der Waals surface area (Å²) in [5.74, 6) is -0.502. The molecule has 2 N–H and O–H groups in total. The molecular weight excluding hydrogens is 360 g/mol. The van der Waals surface area contributed by atoms with E-state index < -0.39 is 11.6 Å². The minimum Gasteiger partial charge on any atom is -0.356 e. The van der Waals surface area contributed by atoms with E-state index in [1.807, 2.05) is 11.6 Å². The summed E-state index contributed by atoms with van der Waals surface area (Å²) in [6.45, 7) is 6.67. The number of rotatable bonds is 5. The maximum Gasteiger partial charge on any atom is 0.191 e. The van der Waals surface area contributed by atoms with E-state index in [-0.39, 0.29) is 12.0 Å². The molecule has 5 nitrogen and oxygen atoms in total. The van der Waals surface area contributed by atoms with Crippen molar-refractivity contribution in [3.63, 3.8) is 0 Å². The Labute approximate surface area is 165 Å². The Morgan fingerprint density at radius 3 is 2.79 bits per heavy atom. The number of guanidine groups is 1. The lowest BCUT2D eigenvalue weighted by atomic mass is 9.94. The smallest absolute Gasteiger partial charge is 0.191 e. The summed E-state index contributed by atoms with van der Waals surface area (Å²) in [5, 5.41) is 11.4. The maximum absolute atomic E-state index is 14.0. The topological polar surface area (TPSA) is 54.2 Å². The Bertz CT molecular complexity index is 843. The molecule has 7 heteroatoms. The van der Waals surface area contributed by atoms with E-state index in [0.29, 0.717) is 24.1 Å². The molecule has 2 atom stereocenters. The van der Waals surface area contributed by atoms with E-state index >= 15 is 0 Å². The SMILES string of the molecule is CN=C(NCC(C)c1ccc(F)cc1F)NC1CCc2cn(C(C)C)nc2C1. The average molecular weight is 389 g/mol. The first-order valence-electron chi connectivity index (χ1n) is 9.86. The van der Waals surface area contributed by atoms with E-state index in [2.05, 4.69) is 35.7 Å². The van der Waals surface area contributed by atoms with Gasteiger partial charge in [0.2, 0.25) is 0 Å². The second kappa shape index (κ2) is 8.71. The van der Waals surface area contributed by atoms with Crippen molar-refractivity contribution in [1.29, 1.82) is 0 Å². The summed E-state index contributed by atoms with van der Waals surface area (Å²) < 4.78 is 29.1. The Kier molecular flexibility index (Phi) is 6.31. The summed E-state index contributed by atoms with van der Waals surface area (Å²) in [6, 6.07) is 4.33. The highest BCUT2D eigenvalue weighted by atomic mass is 19.1. The molecule has 0 bridgehead atoms. The molecule has 0 spiro atoms. The standard InChI is InChI=1S/C21H29F2N5/c1-13(2)28-12-15-5-7-17(10-20(15)27-28)26-21(24-4)25-11-14(3)18-8-6-16(22)9-19(18)23/h6,8-9,12-14,17H,5,7,10-11H2,1-4H3,(H2,24,25,26). The molecule has 1 aliphatic carbocycles. The van der Waals surface area contributed by atoms with Crippen molar-refractivity contribution >= 4 is 5.96 Å². The second-order valence-electron chi connectivity index (χ2n) is 7.78. The highest BCUT2D eigenvalue weighted by molar-refractivity contribution is 5.80. The van der Waals surface area contributed by atoms with Gasteiger partial charge in [-0.3, -0.25) is 9.67 Å². The van der Waals surface area contributed by atoms with Crippen molar-refractivity contribution in [2.24, 2.45) is 4.99 Å². The molecule has 28 heavy (non-hydrogen) atoms. The van der Waals surface area contributed by atoms with Crippen LogP contribution in [0.1, 0.15) is 56.0 Å². The van der Waals surface area contributed by atoms with Crippen molar-refractivity contribution in [1.82, 2.24) is 20.4 Å². The maximum atomic E-state index is 14.0. The molecule has 1 aromatic heterocycles. The summed E-state index contributed by atoms with van der Waals surface area (Å²) >= 11 is 0.